The number of nitrogens with zero attached hydrogens (tertiary/aromatic N) is 3. The van der Waals surface area contributed by atoms with Gasteiger partial charge in [-0.3, -0.25) is 0 Å². The predicted molar refractivity (Wildman–Crippen MR) is 119 cm³/mol. The lowest BCUT2D eigenvalue weighted by atomic mass is 9.98. The van der Waals surface area contributed by atoms with E-state index in [0.717, 1.165) is 22.9 Å². The number of benzene rings is 3. The summed E-state index contributed by atoms with van der Waals surface area (Å²) in [4.78, 5) is 8.70. The Morgan fingerprint density at radius 3 is 2.50 bits per heavy atom. The second-order valence-corrected chi connectivity index (χ2v) is 7.49. The number of ether oxygens (including phenoxy) is 1. The van der Waals surface area contributed by atoms with Gasteiger partial charge >= 0.3 is 0 Å². The quantitative estimate of drug-likeness (QED) is 0.360. The minimum absolute atomic E-state index is 0.00791. The van der Waals surface area contributed by atoms with Gasteiger partial charge in [0.2, 0.25) is 0 Å². The van der Waals surface area contributed by atoms with Crippen LogP contribution in [-0.4, -0.2) is 16.6 Å². The van der Waals surface area contributed by atoms with Gasteiger partial charge in [-0.1, -0.05) is 37.3 Å². The van der Waals surface area contributed by atoms with Crippen molar-refractivity contribution >= 4 is 10.8 Å². The SMILES string of the molecule is CCCOc1cnc(-c2ccc3c(F)c(CCc4ccc(C#N)c(F)c4)ccc3c2)nc1. The number of aromatic nitrogens is 2. The Morgan fingerprint density at radius 2 is 1.78 bits per heavy atom. The molecule has 0 aliphatic rings. The maximum absolute atomic E-state index is 15.1. The summed E-state index contributed by atoms with van der Waals surface area (Å²) in [6.07, 6.45) is 5.08. The summed E-state index contributed by atoms with van der Waals surface area (Å²) >= 11 is 0. The van der Waals surface area contributed by atoms with E-state index in [9.17, 15) is 4.39 Å². The molecule has 0 radical (unpaired) electrons. The number of aryl methyl sites for hydroxylation is 2. The summed E-state index contributed by atoms with van der Waals surface area (Å²) < 4.78 is 34.4. The van der Waals surface area contributed by atoms with Crippen LogP contribution in [0.2, 0.25) is 0 Å². The van der Waals surface area contributed by atoms with Crippen LogP contribution < -0.4 is 4.74 Å². The lowest BCUT2D eigenvalue weighted by Crippen LogP contribution is -1.98. The van der Waals surface area contributed by atoms with E-state index >= 15 is 4.39 Å². The number of halogens is 2. The smallest absolute Gasteiger partial charge is 0.159 e. The van der Waals surface area contributed by atoms with Crippen molar-refractivity contribution in [1.29, 1.82) is 5.26 Å². The lowest BCUT2D eigenvalue weighted by molar-refractivity contribution is 0.315. The highest BCUT2D eigenvalue weighted by atomic mass is 19.1. The van der Waals surface area contributed by atoms with Crippen LogP contribution in [0, 0.1) is 23.0 Å². The first-order valence-corrected chi connectivity index (χ1v) is 10.4. The molecule has 0 aliphatic carbocycles. The molecule has 1 heterocycles. The molecule has 0 aliphatic heterocycles. The molecule has 0 N–H and O–H groups in total. The fourth-order valence-electron chi connectivity index (χ4n) is 3.51. The van der Waals surface area contributed by atoms with Crippen molar-refractivity contribution in [3.8, 4) is 23.2 Å². The van der Waals surface area contributed by atoms with Gasteiger partial charge in [0.1, 0.15) is 17.7 Å². The standard InChI is InChI=1S/C26H21F2N3O/c1-2-11-32-22-15-30-26(31-16-22)20-9-10-23-19(13-20)8-7-18(25(23)28)5-3-17-4-6-21(14-29)24(27)12-17/h4,6-10,12-13,15-16H,2-3,5,11H2,1H3. The molecule has 0 bridgehead atoms. The van der Waals surface area contributed by atoms with Gasteiger partial charge in [-0.05, 0) is 54.0 Å². The van der Waals surface area contributed by atoms with E-state index in [1.165, 1.54) is 12.1 Å². The molecule has 32 heavy (non-hydrogen) atoms. The predicted octanol–water partition coefficient (Wildman–Crippen LogP) is 6.02. The monoisotopic (exact) mass is 429 g/mol. The van der Waals surface area contributed by atoms with Gasteiger partial charge in [0.05, 0.1) is 24.6 Å². The molecule has 0 saturated heterocycles. The minimum atomic E-state index is -0.552. The van der Waals surface area contributed by atoms with Crippen LogP contribution in [0.5, 0.6) is 5.75 Å². The van der Waals surface area contributed by atoms with Crippen LogP contribution >= 0.6 is 0 Å². The summed E-state index contributed by atoms with van der Waals surface area (Å²) in [6.45, 7) is 2.64. The van der Waals surface area contributed by atoms with E-state index in [1.807, 2.05) is 19.1 Å². The second-order valence-electron chi connectivity index (χ2n) is 7.49. The first kappa shape index (κ1) is 21.4. The normalized spacial score (nSPS) is 10.8. The third-order valence-corrected chi connectivity index (χ3v) is 5.23. The Morgan fingerprint density at radius 1 is 0.969 bits per heavy atom. The molecule has 1 aromatic heterocycles. The Balaban J connectivity index is 1.53. The van der Waals surface area contributed by atoms with Crippen molar-refractivity contribution in [2.45, 2.75) is 26.2 Å². The molecule has 0 fully saturated rings. The fourth-order valence-corrected chi connectivity index (χ4v) is 3.51. The molecule has 4 rings (SSSR count). The third-order valence-electron chi connectivity index (χ3n) is 5.23. The van der Waals surface area contributed by atoms with E-state index in [-0.39, 0.29) is 11.4 Å². The first-order chi connectivity index (χ1) is 15.6. The Labute approximate surface area is 185 Å². The highest BCUT2D eigenvalue weighted by Crippen LogP contribution is 2.27. The molecule has 0 amide bonds. The second kappa shape index (κ2) is 9.52. The van der Waals surface area contributed by atoms with E-state index in [1.54, 1.807) is 42.7 Å². The summed E-state index contributed by atoms with van der Waals surface area (Å²) in [6, 6.07) is 15.3. The maximum atomic E-state index is 15.1. The average molecular weight is 429 g/mol. The zero-order valence-corrected chi connectivity index (χ0v) is 17.6. The van der Waals surface area contributed by atoms with Crippen LogP contribution in [0.15, 0.2) is 60.9 Å². The lowest BCUT2D eigenvalue weighted by Gasteiger charge is -2.09. The van der Waals surface area contributed by atoms with Gasteiger partial charge in [0.15, 0.2) is 11.6 Å². The Bertz CT molecular complexity index is 1300. The highest BCUT2D eigenvalue weighted by molar-refractivity contribution is 5.87. The van der Waals surface area contributed by atoms with Crippen molar-refractivity contribution < 1.29 is 13.5 Å². The van der Waals surface area contributed by atoms with Gasteiger partial charge in [-0.2, -0.15) is 5.26 Å². The summed E-state index contributed by atoms with van der Waals surface area (Å²) in [5.74, 6) is 0.327. The van der Waals surface area contributed by atoms with Crippen LogP contribution in [0.3, 0.4) is 0 Å². The van der Waals surface area contributed by atoms with E-state index in [2.05, 4.69) is 9.97 Å². The van der Waals surface area contributed by atoms with Gasteiger partial charge in [-0.15, -0.1) is 0 Å². The third kappa shape index (κ3) is 4.57. The number of hydrogen-bond donors (Lipinski definition) is 0. The summed E-state index contributed by atoms with van der Waals surface area (Å²) in [5.41, 5.74) is 2.08. The Hall–Kier alpha value is -3.85. The molecule has 160 valence electrons. The van der Waals surface area contributed by atoms with E-state index in [0.29, 0.717) is 42.0 Å². The van der Waals surface area contributed by atoms with E-state index < -0.39 is 5.82 Å². The molecule has 3 aromatic carbocycles. The fraction of sp³-hybridized carbons (Fsp3) is 0.192. The number of hydrogen-bond acceptors (Lipinski definition) is 4. The molecule has 0 atom stereocenters. The van der Waals surface area contributed by atoms with Crippen LogP contribution in [0.1, 0.15) is 30.0 Å². The first-order valence-electron chi connectivity index (χ1n) is 10.4. The molecular formula is C26H21F2N3O. The van der Waals surface area contributed by atoms with Crippen molar-refractivity contribution in [3.63, 3.8) is 0 Å². The van der Waals surface area contributed by atoms with Gasteiger partial charge in [0.25, 0.3) is 0 Å². The number of rotatable bonds is 7. The zero-order chi connectivity index (χ0) is 22.5. The van der Waals surface area contributed by atoms with Crippen molar-refractivity contribution in [2.24, 2.45) is 0 Å². The minimum Gasteiger partial charge on any atom is -0.490 e. The molecule has 4 nitrogen and oxygen atoms in total. The average Bonchev–Trinajstić information content (AvgIpc) is 2.82. The topological polar surface area (TPSA) is 58.8 Å². The van der Waals surface area contributed by atoms with E-state index in [4.69, 9.17) is 10.00 Å². The van der Waals surface area contributed by atoms with Crippen molar-refractivity contribution in [2.75, 3.05) is 6.61 Å². The molecule has 4 aromatic rings. The highest BCUT2D eigenvalue weighted by Gasteiger charge is 2.11. The Kier molecular flexibility index (Phi) is 6.37. The van der Waals surface area contributed by atoms with Gasteiger partial charge in [0, 0.05) is 10.9 Å². The zero-order valence-electron chi connectivity index (χ0n) is 17.6. The molecule has 0 spiro atoms. The molecule has 0 unspecified atom stereocenters. The summed E-state index contributed by atoms with van der Waals surface area (Å²) in [5, 5.41) is 10.1. The largest absolute Gasteiger partial charge is 0.490 e. The number of nitriles is 1. The molecule has 6 heteroatoms. The van der Waals surface area contributed by atoms with Crippen LogP contribution in [0.25, 0.3) is 22.2 Å². The van der Waals surface area contributed by atoms with Crippen LogP contribution in [0.4, 0.5) is 8.78 Å². The van der Waals surface area contributed by atoms with Crippen LogP contribution in [-0.2, 0) is 12.8 Å². The molecular weight excluding hydrogens is 408 g/mol. The number of fused-ring (bicyclic) bond motifs is 1. The maximum Gasteiger partial charge on any atom is 0.159 e. The molecule has 0 saturated carbocycles. The van der Waals surface area contributed by atoms with Gasteiger partial charge < -0.3 is 4.74 Å². The summed E-state index contributed by atoms with van der Waals surface area (Å²) in [7, 11) is 0. The van der Waals surface area contributed by atoms with Crippen molar-refractivity contribution in [1.82, 2.24) is 9.97 Å². The van der Waals surface area contributed by atoms with Crippen molar-refractivity contribution in [3.05, 3.63) is 89.2 Å². The van der Waals surface area contributed by atoms with Gasteiger partial charge in [-0.25, -0.2) is 18.7 Å².